The van der Waals surface area contributed by atoms with Gasteiger partial charge in [0.05, 0.1) is 0 Å². The average Bonchev–Trinajstić information content (AvgIpc) is 2.34. The number of Topliss-reactive ketones (excluding diaryl/α,β-unsaturated/α-hetero) is 1. The number of likely N-dealkylation sites (tertiary alicyclic amines) is 1. The minimum atomic E-state index is -0.976. The van der Waals surface area contributed by atoms with Gasteiger partial charge >= 0.3 is 5.97 Å². The number of carboxylic acids is 1. The number of carboxylic acid groups (broad SMARTS) is 1. The van der Waals surface area contributed by atoms with Crippen LogP contribution in [0.1, 0.15) is 24.4 Å². The highest BCUT2D eigenvalue weighted by Crippen LogP contribution is 2.24. The number of aliphatic carboxylic acids is 1. The van der Waals surface area contributed by atoms with Gasteiger partial charge in [0, 0.05) is 25.9 Å². The Morgan fingerprint density at radius 1 is 1.22 bits per heavy atom. The first-order chi connectivity index (χ1) is 8.58. The van der Waals surface area contributed by atoms with Crippen LogP contribution < -0.4 is 0 Å². The second-order valence-electron chi connectivity index (χ2n) is 4.37. The van der Waals surface area contributed by atoms with E-state index in [0.29, 0.717) is 31.5 Å². The SMILES string of the molecule is O=C1CCN([C@H](C(=O)O)c2ccc(F)cc2)CC1. The Hall–Kier alpha value is -1.75. The van der Waals surface area contributed by atoms with E-state index >= 15 is 0 Å². The highest BCUT2D eigenvalue weighted by Gasteiger charge is 2.30. The van der Waals surface area contributed by atoms with Gasteiger partial charge in [0.15, 0.2) is 0 Å². The van der Waals surface area contributed by atoms with E-state index < -0.39 is 17.8 Å². The van der Waals surface area contributed by atoms with Gasteiger partial charge < -0.3 is 5.11 Å². The first kappa shape index (κ1) is 12.7. The van der Waals surface area contributed by atoms with Crippen LogP contribution in [0.4, 0.5) is 4.39 Å². The molecule has 96 valence electrons. The molecule has 0 spiro atoms. The van der Waals surface area contributed by atoms with Crippen molar-refractivity contribution >= 4 is 11.8 Å². The number of hydrogen-bond acceptors (Lipinski definition) is 3. The van der Waals surface area contributed by atoms with Crippen LogP contribution in [0, 0.1) is 5.82 Å². The van der Waals surface area contributed by atoms with E-state index in [1.54, 1.807) is 4.90 Å². The molecule has 18 heavy (non-hydrogen) atoms. The molecule has 1 aromatic carbocycles. The third-order valence-electron chi connectivity index (χ3n) is 3.14. The van der Waals surface area contributed by atoms with Crippen LogP contribution >= 0.6 is 0 Å². The number of piperidine rings is 1. The highest BCUT2D eigenvalue weighted by molar-refractivity contribution is 5.80. The quantitative estimate of drug-likeness (QED) is 0.886. The number of halogens is 1. The minimum Gasteiger partial charge on any atom is -0.480 e. The second-order valence-corrected chi connectivity index (χ2v) is 4.37. The maximum Gasteiger partial charge on any atom is 0.325 e. The zero-order valence-corrected chi connectivity index (χ0v) is 9.80. The summed E-state index contributed by atoms with van der Waals surface area (Å²) in [5.74, 6) is -1.21. The van der Waals surface area contributed by atoms with Gasteiger partial charge in [0.1, 0.15) is 17.6 Å². The van der Waals surface area contributed by atoms with Crippen molar-refractivity contribution in [1.82, 2.24) is 4.90 Å². The number of ketones is 1. The van der Waals surface area contributed by atoms with E-state index in [2.05, 4.69) is 0 Å². The molecule has 1 saturated heterocycles. The lowest BCUT2D eigenvalue weighted by atomic mass is 10.0. The van der Waals surface area contributed by atoms with Crippen LogP contribution in [0.15, 0.2) is 24.3 Å². The van der Waals surface area contributed by atoms with Crippen LogP contribution in [-0.4, -0.2) is 34.8 Å². The number of carbonyl (C=O) groups is 2. The van der Waals surface area contributed by atoms with E-state index in [4.69, 9.17) is 0 Å². The third-order valence-corrected chi connectivity index (χ3v) is 3.14. The summed E-state index contributed by atoms with van der Waals surface area (Å²) in [7, 11) is 0. The highest BCUT2D eigenvalue weighted by atomic mass is 19.1. The molecule has 0 unspecified atom stereocenters. The zero-order chi connectivity index (χ0) is 13.1. The second kappa shape index (κ2) is 5.27. The first-order valence-corrected chi connectivity index (χ1v) is 5.82. The van der Waals surface area contributed by atoms with Gasteiger partial charge in [-0.25, -0.2) is 4.39 Å². The van der Waals surface area contributed by atoms with Crippen LogP contribution in [0.25, 0.3) is 0 Å². The fourth-order valence-electron chi connectivity index (χ4n) is 2.19. The lowest BCUT2D eigenvalue weighted by molar-refractivity contribution is -0.145. The van der Waals surface area contributed by atoms with Gasteiger partial charge in [0.25, 0.3) is 0 Å². The van der Waals surface area contributed by atoms with E-state index in [1.807, 2.05) is 0 Å². The molecule has 1 aromatic rings. The molecule has 2 rings (SSSR count). The van der Waals surface area contributed by atoms with Gasteiger partial charge in [0.2, 0.25) is 0 Å². The van der Waals surface area contributed by atoms with Crippen molar-refractivity contribution < 1.29 is 19.1 Å². The van der Waals surface area contributed by atoms with Crippen LogP contribution in [0.5, 0.6) is 0 Å². The van der Waals surface area contributed by atoms with Crippen LogP contribution in [0.3, 0.4) is 0 Å². The molecule has 0 saturated carbocycles. The Morgan fingerprint density at radius 3 is 2.28 bits per heavy atom. The maximum atomic E-state index is 12.8. The third kappa shape index (κ3) is 2.73. The Labute approximate surface area is 104 Å². The Bertz CT molecular complexity index is 448. The molecule has 1 heterocycles. The summed E-state index contributed by atoms with van der Waals surface area (Å²) in [5.41, 5.74) is 0.540. The van der Waals surface area contributed by atoms with E-state index in [1.165, 1.54) is 24.3 Å². The van der Waals surface area contributed by atoms with Crippen molar-refractivity contribution in [2.45, 2.75) is 18.9 Å². The number of benzene rings is 1. The average molecular weight is 251 g/mol. The molecule has 1 N–H and O–H groups in total. The van der Waals surface area contributed by atoms with Crippen molar-refractivity contribution in [3.05, 3.63) is 35.6 Å². The topological polar surface area (TPSA) is 57.6 Å². The molecule has 1 aliphatic rings. The van der Waals surface area contributed by atoms with Gasteiger partial charge in [-0.05, 0) is 17.7 Å². The number of nitrogens with zero attached hydrogens (tertiary/aromatic N) is 1. The molecule has 0 bridgehead atoms. The van der Waals surface area contributed by atoms with Crippen molar-refractivity contribution in [2.24, 2.45) is 0 Å². The smallest absolute Gasteiger partial charge is 0.325 e. The van der Waals surface area contributed by atoms with E-state index in [9.17, 15) is 19.1 Å². The molecular weight excluding hydrogens is 237 g/mol. The Kier molecular flexibility index (Phi) is 3.72. The van der Waals surface area contributed by atoms with Crippen molar-refractivity contribution in [2.75, 3.05) is 13.1 Å². The molecule has 1 fully saturated rings. The predicted octanol–water partition coefficient (Wildman–Crippen LogP) is 1.62. The summed E-state index contributed by atoms with van der Waals surface area (Å²) in [6.07, 6.45) is 0.760. The minimum absolute atomic E-state index is 0.162. The number of carbonyl (C=O) groups excluding carboxylic acids is 1. The number of rotatable bonds is 3. The molecule has 0 aliphatic carbocycles. The largest absolute Gasteiger partial charge is 0.480 e. The molecular formula is C13H14FNO3. The normalized spacial score (nSPS) is 18.6. The van der Waals surface area contributed by atoms with Gasteiger partial charge in [-0.15, -0.1) is 0 Å². The van der Waals surface area contributed by atoms with E-state index in [0.717, 1.165) is 0 Å². The van der Waals surface area contributed by atoms with Crippen molar-refractivity contribution in [3.8, 4) is 0 Å². The van der Waals surface area contributed by atoms with E-state index in [-0.39, 0.29) is 5.78 Å². The standard InChI is InChI=1S/C13H14FNO3/c14-10-3-1-9(2-4-10)12(13(17)18)15-7-5-11(16)6-8-15/h1-4,12H,5-8H2,(H,17,18)/t12-/m0/s1. The van der Waals surface area contributed by atoms with Crippen LogP contribution in [-0.2, 0) is 9.59 Å². The van der Waals surface area contributed by atoms with Gasteiger partial charge in [-0.2, -0.15) is 0 Å². The summed E-state index contributed by atoms with van der Waals surface area (Å²) in [4.78, 5) is 24.3. The monoisotopic (exact) mass is 251 g/mol. The molecule has 5 heteroatoms. The summed E-state index contributed by atoms with van der Waals surface area (Å²) >= 11 is 0. The van der Waals surface area contributed by atoms with Crippen molar-refractivity contribution in [3.63, 3.8) is 0 Å². The molecule has 0 amide bonds. The number of hydrogen-bond donors (Lipinski definition) is 1. The molecule has 4 nitrogen and oxygen atoms in total. The summed E-state index contributed by atoms with van der Waals surface area (Å²) in [6, 6.07) is 4.65. The molecule has 1 atom stereocenters. The summed E-state index contributed by atoms with van der Waals surface area (Å²) < 4.78 is 12.8. The first-order valence-electron chi connectivity index (χ1n) is 5.82. The summed E-state index contributed by atoms with van der Waals surface area (Å²) in [5, 5.41) is 9.29. The summed E-state index contributed by atoms with van der Waals surface area (Å²) in [6.45, 7) is 0.875. The zero-order valence-electron chi connectivity index (χ0n) is 9.80. The Balaban J connectivity index is 2.20. The van der Waals surface area contributed by atoms with Gasteiger partial charge in [-0.3, -0.25) is 14.5 Å². The molecule has 0 aromatic heterocycles. The molecule has 1 aliphatic heterocycles. The lowest BCUT2D eigenvalue weighted by Crippen LogP contribution is -2.40. The Morgan fingerprint density at radius 2 is 1.78 bits per heavy atom. The maximum absolute atomic E-state index is 12.8. The van der Waals surface area contributed by atoms with Crippen molar-refractivity contribution in [1.29, 1.82) is 0 Å². The fourth-order valence-corrected chi connectivity index (χ4v) is 2.19. The van der Waals surface area contributed by atoms with Crippen LogP contribution in [0.2, 0.25) is 0 Å². The fraction of sp³-hybridized carbons (Fsp3) is 0.385. The van der Waals surface area contributed by atoms with Gasteiger partial charge in [-0.1, -0.05) is 12.1 Å². The predicted molar refractivity (Wildman–Crippen MR) is 62.6 cm³/mol. The lowest BCUT2D eigenvalue weighted by Gasteiger charge is -2.31. The molecule has 0 radical (unpaired) electrons.